The van der Waals surface area contributed by atoms with Crippen molar-refractivity contribution in [1.29, 1.82) is 0 Å². The second kappa shape index (κ2) is 6.96. The average molecular weight is 387 g/mol. The first-order chi connectivity index (χ1) is 14.1. The van der Waals surface area contributed by atoms with Gasteiger partial charge >= 0.3 is 0 Å². The first-order valence-electron chi connectivity index (χ1n) is 9.76. The summed E-state index contributed by atoms with van der Waals surface area (Å²) in [6.45, 7) is 0. The molecule has 3 aromatic carbocycles. The van der Waals surface area contributed by atoms with E-state index < -0.39 is 0 Å². The van der Waals surface area contributed by atoms with Crippen LogP contribution in [-0.4, -0.2) is 10.4 Å². The second-order valence-electron chi connectivity index (χ2n) is 7.64. The molecule has 1 heterocycles. The second-order valence-corrected chi connectivity index (χ2v) is 7.64. The number of aromatic nitrogens is 1. The fraction of sp³-hybridized carbons (Fsp3) is 0.160. The summed E-state index contributed by atoms with van der Waals surface area (Å²) in [5, 5.41) is 0.978. The lowest BCUT2D eigenvalue weighted by atomic mass is 9.98. The van der Waals surface area contributed by atoms with Crippen molar-refractivity contribution in [3.8, 4) is 0 Å². The standard InChI is InChI=1S/C25H19F2NO/c26-21-8-3-16(4-9-21)24(17-5-10-22(27)11-6-17)28-14-13-19-15-20(7-12-23(19)28)25(29)18-1-2-18/h3-15,18,24H,1-2H2. The highest BCUT2D eigenvalue weighted by Gasteiger charge is 2.30. The fourth-order valence-corrected chi connectivity index (χ4v) is 3.93. The summed E-state index contributed by atoms with van der Waals surface area (Å²) in [6, 6.07) is 20.3. The van der Waals surface area contributed by atoms with Gasteiger partial charge in [0.15, 0.2) is 5.78 Å². The molecule has 2 nitrogen and oxygen atoms in total. The van der Waals surface area contributed by atoms with E-state index >= 15 is 0 Å². The number of benzene rings is 3. The Morgan fingerprint density at radius 3 is 1.97 bits per heavy atom. The molecule has 0 spiro atoms. The van der Waals surface area contributed by atoms with E-state index in [1.807, 2.05) is 30.5 Å². The monoisotopic (exact) mass is 387 g/mol. The predicted octanol–water partition coefficient (Wildman–Crippen LogP) is 6.15. The zero-order valence-corrected chi connectivity index (χ0v) is 15.7. The molecule has 4 heteroatoms. The molecule has 1 aromatic heterocycles. The Morgan fingerprint density at radius 1 is 0.828 bits per heavy atom. The number of ketones is 1. The molecule has 0 saturated heterocycles. The van der Waals surface area contributed by atoms with Crippen LogP contribution in [0.2, 0.25) is 0 Å². The highest BCUT2D eigenvalue weighted by atomic mass is 19.1. The van der Waals surface area contributed by atoms with Gasteiger partial charge in [0.25, 0.3) is 0 Å². The first kappa shape index (κ1) is 17.8. The summed E-state index contributed by atoms with van der Waals surface area (Å²) in [4.78, 5) is 12.4. The van der Waals surface area contributed by atoms with E-state index in [-0.39, 0.29) is 29.4 Å². The number of fused-ring (bicyclic) bond motifs is 1. The lowest BCUT2D eigenvalue weighted by Gasteiger charge is -2.22. The third kappa shape index (κ3) is 3.35. The summed E-state index contributed by atoms with van der Waals surface area (Å²) in [5.41, 5.74) is 3.51. The first-order valence-corrected chi connectivity index (χ1v) is 9.76. The van der Waals surface area contributed by atoms with Gasteiger partial charge in [-0.2, -0.15) is 0 Å². The van der Waals surface area contributed by atoms with E-state index in [4.69, 9.17) is 0 Å². The molecule has 5 rings (SSSR count). The van der Waals surface area contributed by atoms with Crippen molar-refractivity contribution < 1.29 is 13.6 Å². The van der Waals surface area contributed by atoms with Crippen LogP contribution in [0.3, 0.4) is 0 Å². The van der Waals surface area contributed by atoms with Crippen molar-refractivity contribution >= 4 is 16.7 Å². The number of carbonyl (C=O) groups excluding carboxylic acids is 1. The average Bonchev–Trinajstić information content (AvgIpc) is 3.51. The van der Waals surface area contributed by atoms with Gasteiger partial charge < -0.3 is 4.57 Å². The summed E-state index contributed by atoms with van der Waals surface area (Å²) >= 11 is 0. The zero-order valence-electron chi connectivity index (χ0n) is 15.7. The van der Waals surface area contributed by atoms with Crippen LogP contribution < -0.4 is 0 Å². The lowest BCUT2D eigenvalue weighted by Crippen LogP contribution is -2.11. The SMILES string of the molecule is O=C(c1ccc2c(ccn2C(c2ccc(F)cc2)c2ccc(F)cc2)c1)C1CC1. The predicted molar refractivity (Wildman–Crippen MR) is 109 cm³/mol. The number of Topliss-reactive ketones (excluding diaryl/α,β-unsaturated/α-hetero) is 1. The van der Waals surface area contributed by atoms with Gasteiger partial charge in [-0.15, -0.1) is 0 Å². The molecule has 0 aliphatic heterocycles. The van der Waals surface area contributed by atoms with Crippen LogP contribution in [0.25, 0.3) is 10.9 Å². The largest absolute Gasteiger partial charge is 0.336 e. The van der Waals surface area contributed by atoms with E-state index in [9.17, 15) is 13.6 Å². The van der Waals surface area contributed by atoms with E-state index in [1.54, 1.807) is 24.3 Å². The van der Waals surface area contributed by atoms with Crippen molar-refractivity contribution in [1.82, 2.24) is 4.57 Å². The van der Waals surface area contributed by atoms with Crippen molar-refractivity contribution in [2.75, 3.05) is 0 Å². The maximum atomic E-state index is 13.5. The van der Waals surface area contributed by atoms with E-state index in [2.05, 4.69) is 4.57 Å². The Bertz CT molecular complexity index is 1140. The Kier molecular flexibility index (Phi) is 4.27. The van der Waals surface area contributed by atoms with Gasteiger partial charge in [0.2, 0.25) is 0 Å². The van der Waals surface area contributed by atoms with Gasteiger partial charge in [-0.25, -0.2) is 8.78 Å². The van der Waals surface area contributed by atoms with Crippen molar-refractivity contribution in [3.05, 3.63) is 107 Å². The lowest BCUT2D eigenvalue weighted by molar-refractivity contribution is 0.0968. The van der Waals surface area contributed by atoms with Crippen LogP contribution in [0.4, 0.5) is 8.78 Å². The number of nitrogens with zero attached hydrogens (tertiary/aromatic N) is 1. The minimum absolute atomic E-state index is 0.181. The van der Waals surface area contributed by atoms with Crippen molar-refractivity contribution in [2.45, 2.75) is 18.9 Å². The van der Waals surface area contributed by atoms with Crippen LogP contribution in [0.1, 0.15) is 40.4 Å². The Morgan fingerprint density at radius 2 is 1.41 bits per heavy atom. The van der Waals surface area contributed by atoms with E-state index in [1.165, 1.54) is 24.3 Å². The molecule has 0 amide bonds. The Balaban J connectivity index is 1.63. The van der Waals surface area contributed by atoms with Gasteiger partial charge in [0.05, 0.1) is 6.04 Å². The molecule has 4 aromatic rings. The third-order valence-electron chi connectivity index (χ3n) is 5.60. The summed E-state index contributed by atoms with van der Waals surface area (Å²) in [7, 11) is 0. The van der Waals surface area contributed by atoms with Gasteiger partial charge in [0.1, 0.15) is 11.6 Å². The van der Waals surface area contributed by atoms with Crippen LogP contribution in [0, 0.1) is 17.6 Å². The number of hydrogen-bond acceptors (Lipinski definition) is 1. The van der Waals surface area contributed by atoms with Crippen molar-refractivity contribution in [2.24, 2.45) is 5.92 Å². The molecule has 0 bridgehead atoms. The molecule has 1 fully saturated rings. The summed E-state index contributed by atoms with van der Waals surface area (Å²) in [6.07, 6.45) is 3.93. The molecule has 144 valence electrons. The van der Waals surface area contributed by atoms with Gasteiger partial charge in [-0.3, -0.25) is 4.79 Å². The minimum Gasteiger partial charge on any atom is -0.336 e. The maximum Gasteiger partial charge on any atom is 0.165 e. The minimum atomic E-state index is -0.299. The van der Waals surface area contributed by atoms with E-state index in [0.717, 1.165) is 40.4 Å². The molecule has 29 heavy (non-hydrogen) atoms. The third-order valence-corrected chi connectivity index (χ3v) is 5.60. The number of rotatable bonds is 5. The molecule has 0 unspecified atom stereocenters. The summed E-state index contributed by atoms with van der Waals surface area (Å²) < 4.78 is 29.1. The highest BCUT2D eigenvalue weighted by Crippen LogP contribution is 2.35. The maximum absolute atomic E-state index is 13.5. The number of halogens is 2. The quantitative estimate of drug-likeness (QED) is 0.377. The van der Waals surface area contributed by atoms with Gasteiger partial charge in [0, 0.05) is 28.6 Å². The van der Waals surface area contributed by atoms with Gasteiger partial charge in [-0.05, 0) is 72.5 Å². The van der Waals surface area contributed by atoms with Gasteiger partial charge in [-0.1, -0.05) is 24.3 Å². The van der Waals surface area contributed by atoms with E-state index in [0.29, 0.717) is 0 Å². The molecule has 1 aliphatic rings. The molecule has 0 radical (unpaired) electrons. The molecular formula is C25H19F2NO. The highest BCUT2D eigenvalue weighted by molar-refractivity contribution is 6.02. The number of hydrogen-bond donors (Lipinski definition) is 0. The zero-order chi connectivity index (χ0) is 20.0. The molecule has 0 atom stereocenters. The van der Waals surface area contributed by atoms with Crippen LogP contribution in [0.5, 0.6) is 0 Å². The van der Waals surface area contributed by atoms with Crippen LogP contribution >= 0.6 is 0 Å². The van der Waals surface area contributed by atoms with Crippen molar-refractivity contribution in [3.63, 3.8) is 0 Å². The van der Waals surface area contributed by atoms with Crippen LogP contribution in [-0.2, 0) is 0 Å². The Hall–Kier alpha value is -3.27. The molecular weight excluding hydrogens is 368 g/mol. The molecule has 1 aliphatic carbocycles. The molecule has 1 saturated carbocycles. The topological polar surface area (TPSA) is 22.0 Å². The van der Waals surface area contributed by atoms with Crippen LogP contribution in [0.15, 0.2) is 79.0 Å². The normalized spacial score (nSPS) is 13.9. The number of carbonyl (C=O) groups is 1. The summed E-state index contributed by atoms with van der Waals surface area (Å²) in [5.74, 6) is -0.201. The Labute approximate surface area is 167 Å². The smallest absolute Gasteiger partial charge is 0.165 e. The fourth-order valence-electron chi connectivity index (χ4n) is 3.93. The molecule has 0 N–H and O–H groups in total.